The van der Waals surface area contributed by atoms with Gasteiger partial charge in [-0.15, -0.1) is 0 Å². The summed E-state index contributed by atoms with van der Waals surface area (Å²) in [6.07, 6.45) is 5.84. The Morgan fingerprint density at radius 1 is 1.26 bits per heavy atom. The Hall–Kier alpha value is -0.770. The van der Waals surface area contributed by atoms with Gasteiger partial charge in [0.1, 0.15) is 0 Å². The van der Waals surface area contributed by atoms with Gasteiger partial charge in [-0.3, -0.25) is 0 Å². The molecular formula is C15H29N3O. The van der Waals surface area contributed by atoms with E-state index in [1.54, 1.807) is 0 Å². The van der Waals surface area contributed by atoms with Gasteiger partial charge in [0.2, 0.25) is 0 Å². The maximum absolute atomic E-state index is 12.2. The van der Waals surface area contributed by atoms with Crippen LogP contribution in [0.25, 0.3) is 0 Å². The van der Waals surface area contributed by atoms with Crippen molar-refractivity contribution in [2.75, 3.05) is 13.1 Å². The van der Waals surface area contributed by atoms with E-state index < -0.39 is 0 Å². The fourth-order valence-electron chi connectivity index (χ4n) is 3.39. The number of carbonyl (C=O) groups excluding carboxylic acids is 1. The molecule has 0 bridgehead atoms. The van der Waals surface area contributed by atoms with Gasteiger partial charge >= 0.3 is 6.03 Å². The van der Waals surface area contributed by atoms with E-state index >= 15 is 0 Å². The SMILES string of the molecule is CC(C)C(C)NC(=O)N1CCC2(CCCC2N)CC1. The molecule has 0 aromatic carbocycles. The van der Waals surface area contributed by atoms with Crippen LogP contribution in [0.2, 0.25) is 0 Å². The molecule has 2 fully saturated rings. The summed E-state index contributed by atoms with van der Waals surface area (Å²) in [4.78, 5) is 14.1. The third kappa shape index (κ3) is 3.04. The van der Waals surface area contributed by atoms with Crippen LogP contribution in [-0.4, -0.2) is 36.1 Å². The van der Waals surface area contributed by atoms with Gasteiger partial charge in [0.25, 0.3) is 0 Å². The highest BCUT2D eigenvalue weighted by molar-refractivity contribution is 5.74. The number of nitrogens with one attached hydrogen (secondary N) is 1. The molecule has 0 radical (unpaired) electrons. The van der Waals surface area contributed by atoms with Crippen LogP contribution in [-0.2, 0) is 0 Å². The molecule has 1 saturated heterocycles. The molecule has 19 heavy (non-hydrogen) atoms. The van der Waals surface area contributed by atoms with Gasteiger partial charge in [0, 0.05) is 25.2 Å². The van der Waals surface area contributed by atoms with E-state index in [2.05, 4.69) is 26.1 Å². The van der Waals surface area contributed by atoms with Crippen molar-refractivity contribution >= 4 is 6.03 Å². The molecule has 0 aromatic heterocycles. The van der Waals surface area contributed by atoms with Crippen LogP contribution < -0.4 is 11.1 Å². The molecule has 110 valence electrons. The fourth-order valence-corrected chi connectivity index (χ4v) is 3.39. The molecule has 1 saturated carbocycles. The molecule has 0 aromatic rings. The third-order valence-electron chi connectivity index (χ3n) is 5.37. The summed E-state index contributed by atoms with van der Waals surface area (Å²) in [6.45, 7) is 8.07. The largest absolute Gasteiger partial charge is 0.335 e. The van der Waals surface area contributed by atoms with Gasteiger partial charge in [0.15, 0.2) is 0 Å². The van der Waals surface area contributed by atoms with Crippen LogP contribution in [0.1, 0.15) is 52.9 Å². The molecule has 4 heteroatoms. The maximum atomic E-state index is 12.2. The smallest absolute Gasteiger partial charge is 0.317 e. The first-order valence-electron chi connectivity index (χ1n) is 7.76. The van der Waals surface area contributed by atoms with Crippen molar-refractivity contribution in [3.63, 3.8) is 0 Å². The van der Waals surface area contributed by atoms with Crippen LogP contribution >= 0.6 is 0 Å². The van der Waals surface area contributed by atoms with Crippen molar-refractivity contribution in [2.45, 2.75) is 65.0 Å². The number of rotatable bonds is 2. The average molecular weight is 267 g/mol. The van der Waals surface area contributed by atoms with Crippen LogP contribution in [0.15, 0.2) is 0 Å². The highest BCUT2D eigenvalue weighted by Crippen LogP contribution is 2.45. The molecule has 2 aliphatic rings. The summed E-state index contributed by atoms with van der Waals surface area (Å²) < 4.78 is 0. The van der Waals surface area contributed by atoms with E-state index in [-0.39, 0.29) is 12.1 Å². The second-order valence-electron chi connectivity index (χ2n) is 6.83. The molecule has 1 aliphatic carbocycles. The van der Waals surface area contributed by atoms with Crippen molar-refractivity contribution in [2.24, 2.45) is 17.1 Å². The zero-order chi connectivity index (χ0) is 14.0. The molecule has 1 spiro atoms. The van der Waals surface area contributed by atoms with E-state index in [4.69, 9.17) is 5.73 Å². The second kappa shape index (κ2) is 5.70. The molecule has 2 atom stereocenters. The molecule has 2 amide bonds. The van der Waals surface area contributed by atoms with E-state index in [1.807, 2.05) is 4.90 Å². The van der Waals surface area contributed by atoms with Gasteiger partial charge in [-0.05, 0) is 43.9 Å². The second-order valence-corrected chi connectivity index (χ2v) is 6.83. The topological polar surface area (TPSA) is 58.4 Å². The van der Waals surface area contributed by atoms with Crippen LogP contribution in [0.3, 0.4) is 0 Å². The Balaban J connectivity index is 1.84. The van der Waals surface area contributed by atoms with Gasteiger partial charge in [-0.1, -0.05) is 20.3 Å². The third-order valence-corrected chi connectivity index (χ3v) is 5.37. The van der Waals surface area contributed by atoms with Gasteiger partial charge in [0.05, 0.1) is 0 Å². The zero-order valence-electron chi connectivity index (χ0n) is 12.6. The van der Waals surface area contributed by atoms with E-state index in [1.165, 1.54) is 12.8 Å². The Labute approximate surface area is 117 Å². The Morgan fingerprint density at radius 2 is 1.89 bits per heavy atom. The summed E-state index contributed by atoms with van der Waals surface area (Å²) in [5.41, 5.74) is 6.60. The lowest BCUT2D eigenvalue weighted by molar-refractivity contribution is 0.106. The summed E-state index contributed by atoms with van der Waals surface area (Å²) in [5, 5.41) is 3.09. The minimum absolute atomic E-state index is 0.0996. The number of hydrogen-bond acceptors (Lipinski definition) is 2. The highest BCUT2D eigenvalue weighted by Gasteiger charge is 2.43. The molecule has 1 aliphatic heterocycles. The maximum Gasteiger partial charge on any atom is 0.317 e. The summed E-state index contributed by atoms with van der Waals surface area (Å²) in [5.74, 6) is 0.475. The van der Waals surface area contributed by atoms with E-state index in [0.29, 0.717) is 17.4 Å². The molecule has 3 N–H and O–H groups in total. The van der Waals surface area contributed by atoms with Gasteiger partial charge < -0.3 is 16.0 Å². The number of nitrogens with two attached hydrogens (primary N) is 1. The summed E-state index contributed by atoms with van der Waals surface area (Å²) >= 11 is 0. The summed E-state index contributed by atoms with van der Waals surface area (Å²) in [7, 11) is 0. The number of urea groups is 1. The van der Waals surface area contributed by atoms with Crippen LogP contribution in [0, 0.1) is 11.3 Å². The van der Waals surface area contributed by atoms with Crippen LogP contribution in [0.4, 0.5) is 4.79 Å². The van der Waals surface area contributed by atoms with E-state index in [0.717, 1.165) is 32.4 Å². The Morgan fingerprint density at radius 3 is 2.37 bits per heavy atom. The molecule has 2 unspecified atom stereocenters. The average Bonchev–Trinajstić information content (AvgIpc) is 2.71. The molecule has 2 rings (SSSR count). The fraction of sp³-hybridized carbons (Fsp3) is 0.933. The number of piperidine rings is 1. The standard InChI is InChI=1S/C15H29N3O/c1-11(2)12(3)17-14(19)18-9-7-15(8-10-18)6-4-5-13(15)16/h11-13H,4-10,16H2,1-3H3,(H,17,19). The van der Waals surface area contributed by atoms with E-state index in [9.17, 15) is 4.79 Å². The van der Waals surface area contributed by atoms with Gasteiger partial charge in [-0.2, -0.15) is 0 Å². The van der Waals surface area contributed by atoms with Crippen molar-refractivity contribution in [3.05, 3.63) is 0 Å². The lowest BCUT2D eigenvalue weighted by Crippen LogP contribution is -2.52. The van der Waals surface area contributed by atoms with Gasteiger partial charge in [-0.25, -0.2) is 4.79 Å². The Kier molecular flexibility index (Phi) is 4.39. The van der Waals surface area contributed by atoms with Crippen molar-refractivity contribution < 1.29 is 4.79 Å². The quantitative estimate of drug-likeness (QED) is 0.807. The predicted octanol–water partition coefficient (Wildman–Crippen LogP) is 2.33. The van der Waals surface area contributed by atoms with Crippen molar-refractivity contribution in [3.8, 4) is 0 Å². The zero-order valence-corrected chi connectivity index (χ0v) is 12.6. The minimum Gasteiger partial charge on any atom is -0.335 e. The lowest BCUT2D eigenvalue weighted by Gasteiger charge is -2.42. The minimum atomic E-state index is 0.0996. The van der Waals surface area contributed by atoms with Crippen molar-refractivity contribution in [1.82, 2.24) is 10.2 Å². The lowest BCUT2D eigenvalue weighted by atomic mass is 9.74. The molecule has 4 nitrogen and oxygen atoms in total. The highest BCUT2D eigenvalue weighted by atomic mass is 16.2. The number of nitrogens with zero attached hydrogens (tertiary/aromatic N) is 1. The number of amides is 2. The number of carbonyl (C=O) groups is 1. The number of likely N-dealkylation sites (tertiary alicyclic amines) is 1. The normalized spacial score (nSPS) is 27.8. The molecule has 1 heterocycles. The predicted molar refractivity (Wildman–Crippen MR) is 77.9 cm³/mol. The van der Waals surface area contributed by atoms with Crippen molar-refractivity contribution in [1.29, 1.82) is 0 Å². The molecular weight excluding hydrogens is 238 g/mol. The monoisotopic (exact) mass is 267 g/mol. The van der Waals surface area contributed by atoms with Crippen LogP contribution in [0.5, 0.6) is 0 Å². The Bertz CT molecular complexity index is 321. The first kappa shape index (κ1) is 14.6. The summed E-state index contributed by atoms with van der Waals surface area (Å²) in [6, 6.07) is 0.687. The first-order valence-corrected chi connectivity index (χ1v) is 7.76. The first-order chi connectivity index (χ1) is 8.94. The number of hydrogen-bond donors (Lipinski definition) is 2.